The minimum absolute atomic E-state index is 0.0616. The van der Waals surface area contributed by atoms with Gasteiger partial charge in [0.05, 0.1) is 11.4 Å². The predicted octanol–water partition coefficient (Wildman–Crippen LogP) is 3.90. The molecule has 0 atom stereocenters. The Labute approximate surface area is 160 Å². The third-order valence-electron chi connectivity index (χ3n) is 5.22. The number of nitrogens with zero attached hydrogens (tertiary/aromatic N) is 4. The van der Waals surface area contributed by atoms with Gasteiger partial charge in [-0.15, -0.1) is 0 Å². The maximum Gasteiger partial charge on any atom is 0.254 e. The van der Waals surface area contributed by atoms with E-state index < -0.39 is 0 Å². The van der Waals surface area contributed by atoms with E-state index in [2.05, 4.69) is 26.0 Å². The molecule has 0 N–H and O–H groups in total. The van der Waals surface area contributed by atoms with Crippen LogP contribution < -0.4 is 0 Å². The highest BCUT2D eigenvalue weighted by molar-refractivity contribution is 7.08. The first-order chi connectivity index (χ1) is 13.2. The van der Waals surface area contributed by atoms with Crippen LogP contribution in [0.1, 0.15) is 21.6 Å². The zero-order valence-corrected chi connectivity index (χ0v) is 15.7. The number of hydrogen-bond donors (Lipinski definition) is 0. The van der Waals surface area contributed by atoms with E-state index in [0.717, 1.165) is 45.4 Å². The summed E-state index contributed by atoms with van der Waals surface area (Å²) in [7, 11) is 2.01. The van der Waals surface area contributed by atoms with Gasteiger partial charge < -0.3 is 9.47 Å². The molecule has 1 aromatic carbocycles. The van der Waals surface area contributed by atoms with Crippen LogP contribution in [0.4, 0.5) is 0 Å². The van der Waals surface area contributed by atoms with E-state index in [9.17, 15) is 4.79 Å². The molecule has 6 heteroatoms. The van der Waals surface area contributed by atoms with Crippen LogP contribution >= 0.6 is 11.3 Å². The fraction of sp³-hybridized carbons (Fsp3) is 0.190. The molecule has 1 aliphatic heterocycles. The lowest BCUT2D eigenvalue weighted by atomic mass is 10.00. The lowest BCUT2D eigenvalue weighted by Crippen LogP contribution is -2.36. The van der Waals surface area contributed by atoms with E-state index in [-0.39, 0.29) is 5.91 Å². The van der Waals surface area contributed by atoms with E-state index in [1.165, 1.54) is 0 Å². The van der Waals surface area contributed by atoms with E-state index in [1.807, 2.05) is 47.8 Å². The molecular formula is C21H18N4OS. The fourth-order valence-electron chi connectivity index (χ4n) is 3.76. The Kier molecular flexibility index (Phi) is 3.79. The van der Waals surface area contributed by atoms with E-state index in [4.69, 9.17) is 0 Å². The molecule has 0 radical (unpaired) electrons. The number of aromatic nitrogens is 3. The molecule has 134 valence electrons. The lowest BCUT2D eigenvalue weighted by Gasteiger charge is -2.29. The second-order valence-corrected chi connectivity index (χ2v) is 7.62. The van der Waals surface area contributed by atoms with Gasteiger partial charge in [-0.25, -0.2) is 9.97 Å². The van der Waals surface area contributed by atoms with Gasteiger partial charge >= 0.3 is 0 Å². The number of rotatable bonds is 2. The topological polar surface area (TPSA) is 51.0 Å². The summed E-state index contributed by atoms with van der Waals surface area (Å²) in [5.74, 6) is 0.0616. The van der Waals surface area contributed by atoms with Gasteiger partial charge in [0.15, 0.2) is 0 Å². The van der Waals surface area contributed by atoms with Crippen LogP contribution in [0.5, 0.6) is 0 Å². The van der Waals surface area contributed by atoms with Crippen LogP contribution in [0.2, 0.25) is 0 Å². The van der Waals surface area contributed by atoms with Crippen molar-refractivity contribution in [2.45, 2.75) is 13.0 Å². The molecule has 5 rings (SSSR count). The summed E-state index contributed by atoms with van der Waals surface area (Å²) in [6, 6.07) is 10.0. The SMILES string of the molecule is Cn1ccc2cc(C(=O)N3CCc4ncnc(-c5ccsc5)c4C3)ccc21. The van der Waals surface area contributed by atoms with Gasteiger partial charge in [0.1, 0.15) is 6.33 Å². The molecule has 1 amide bonds. The first kappa shape index (κ1) is 16.2. The van der Waals surface area contributed by atoms with Crippen molar-refractivity contribution in [3.8, 4) is 11.3 Å². The third kappa shape index (κ3) is 2.73. The zero-order valence-electron chi connectivity index (χ0n) is 14.9. The van der Waals surface area contributed by atoms with E-state index in [1.54, 1.807) is 17.7 Å². The third-order valence-corrected chi connectivity index (χ3v) is 5.90. The van der Waals surface area contributed by atoms with Gasteiger partial charge in [0.2, 0.25) is 0 Å². The van der Waals surface area contributed by atoms with Crippen molar-refractivity contribution >= 4 is 28.1 Å². The monoisotopic (exact) mass is 374 g/mol. The van der Waals surface area contributed by atoms with Crippen LogP contribution in [-0.4, -0.2) is 31.9 Å². The molecule has 0 spiro atoms. The number of aryl methyl sites for hydroxylation is 1. The summed E-state index contributed by atoms with van der Waals surface area (Å²) in [5.41, 5.74) is 6.01. The first-order valence-corrected chi connectivity index (χ1v) is 9.84. The smallest absolute Gasteiger partial charge is 0.254 e. The van der Waals surface area contributed by atoms with E-state index >= 15 is 0 Å². The van der Waals surface area contributed by atoms with Gasteiger partial charge in [-0.1, -0.05) is 0 Å². The molecule has 0 unspecified atom stereocenters. The van der Waals surface area contributed by atoms with Crippen molar-refractivity contribution in [3.05, 3.63) is 70.4 Å². The Balaban J connectivity index is 1.48. The second kappa shape index (κ2) is 6.32. The molecular weight excluding hydrogens is 356 g/mol. The Morgan fingerprint density at radius 1 is 1.19 bits per heavy atom. The molecule has 4 aromatic rings. The molecule has 0 fully saturated rings. The van der Waals surface area contributed by atoms with Crippen LogP contribution in [0.15, 0.2) is 53.6 Å². The zero-order chi connectivity index (χ0) is 18.4. The van der Waals surface area contributed by atoms with Gasteiger partial charge in [0, 0.05) is 65.7 Å². The lowest BCUT2D eigenvalue weighted by molar-refractivity contribution is 0.0734. The molecule has 5 nitrogen and oxygen atoms in total. The molecule has 0 aliphatic carbocycles. The highest BCUT2D eigenvalue weighted by Gasteiger charge is 2.26. The maximum absolute atomic E-state index is 13.1. The highest BCUT2D eigenvalue weighted by Crippen LogP contribution is 2.29. The Bertz CT molecular complexity index is 1150. The number of hydrogen-bond acceptors (Lipinski definition) is 4. The van der Waals surface area contributed by atoms with Crippen LogP contribution in [0.3, 0.4) is 0 Å². The Morgan fingerprint density at radius 3 is 2.96 bits per heavy atom. The normalized spacial score (nSPS) is 13.7. The van der Waals surface area contributed by atoms with Crippen LogP contribution in [0, 0.1) is 0 Å². The molecule has 0 saturated carbocycles. The summed E-state index contributed by atoms with van der Waals surface area (Å²) in [5, 5.41) is 5.22. The minimum atomic E-state index is 0.0616. The summed E-state index contributed by atoms with van der Waals surface area (Å²) in [4.78, 5) is 24.0. The molecule has 1 aliphatic rings. The van der Waals surface area contributed by atoms with Crippen molar-refractivity contribution < 1.29 is 4.79 Å². The summed E-state index contributed by atoms with van der Waals surface area (Å²) < 4.78 is 2.06. The van der Waals surface area contributed by atoms with Gasteiger partial charge in [-0.2, -0.15) is 11.3 Å². The first-order valence-electron chi connectivity index (χ1n) is 8.90. The van der Waals surface area contributed by atoms with Crippen LogP contribution in [0.25, 0.3) is 22.2 Å². The maximum atomic E-state index is 13.1. The van der Waals surface area contributed by atoms with Gasteiger partial charge in [-0.05, 0) is 35.7 Å². The van der Waals surface area contributed by atoms with Crippen LogP contribution in [-0.2, 0) is 20.0 Å². The van der Waals surface area contributed by atoms with Crippen molar-refractivity contribution in [1.82, 2.24) is 19.4 Å². The van der Waals surface area contributed by atoms with Crippen molar-refractivity contribution in [2.24, 2.45) is 7.05 Å². The average molecular weight is 374 g/mol. The number of fused-ring (bicyclic) bond motifs is 2. The molecule has 0 saturated heterocycles. The van der Waals surface area contributed by atoms with Crippen molar-refractivity contribution in [2.75, 3.05) is 6.54 Å². The number of benzene rings is 1. The average Bonchev–Trinajstić information content (AvgIpc) is 3.36. The highest BCUT2D eigenvalue weighted by atomic mass is 32.1. The minimum Gasteiger partial charge on any atom is -0.351 e. The molecule has 27 heavy (non-hydrogen) atoms. The Morgan fingerprint density at radius 2 is 2.11 bits per heavy atom. The molecule has 4 heterocycles. The number of thiophene rings is 1. The quantitative estimate of drug-likeness (QED) is 0.535. The van der Waals surface area contributed by atoms with Crippen molar-refractivity contribution in [3.63, 3.8) is 0 Å². The summed E-state index contributed by atoms with van der Waals surface area (Å²) in [6.45, 7) is 1.23. The number of carbonyl (C=O) groups excluding carboxylic acids is 1. The predicted molar refractivity (Wildman–Crippen MR) is 107 cm³/mol. The fourth-order valence-corrected chi connectivity index (χ4v) is 4.40. The summed E-state index contributed by atoms with van der Waals surface area (Å²) >= 11 is 1.65. The van der Waals surface area contributed by atoms with Gasteiger partial charge in [-0.3, -0.25) is 4.79 Å². The standard InChI is InChI=1S/C21H18N4OS/c1-24-7-4-14-10-15(2-3-19(14)24)21(26)25-8-5-18-17(11-25)20(23-13-22-18)16-6-9-27-12-16/h2-4,6-7,9-10,12-13H,5,8,11H2,1H3. The molecule has 0 bridgehead atoms. The second-order valence-electron chi connectivity index (χ2n) is 6.84. The largest absolute Gasteiger partial charge is 0.351 e. The summed E-state index contributed by atoms with van der Waals surface area (Å²) in [6.07, 6.45) is 4.40. The van der Waals surface area contributed by atoms with E-state index in [0.29, 0.717) is 13.1 Å². The number of carbonyl (C=O) groups is 1. The Hall–Kier alpha value is -2.99. The molecule has 3 aromatic heterocycles. The van der Waals surface area contributed by atoms with Gasteiger partial charge in [0.25, 0.3) is 5.91 Å². The van der Waals surface area contributed by atoms with Crippen molar-refractivity contribution in [1.29, 1.82) is 0 Å². The number of amides is 1.